The first-order chi connectivity index (χ1) is 11.4. The van der Waals surface area contributed by atoms with Crippen molar-refractivity contribution in [3.63, 3.8) is 0 Å². The van der Waals surface area contributed by atoms with E-state index in [1.165, 1.54) is 0 Å². The lowest BCUT2D eigenvalue weighted by molar-refractivity contribution is 0.597. The van der Waals surface area contributed by atoms with Crippen LogP contribution in [0.4, 0.5) is 5.69 Å². The molecule has 1 aromatic heterocycles. The van der Waals surface area contributed by atoms with Crippen molar-refractivity contribution >= 4 is 26.4 Å². The summed E-state index contributed by atoms with van der Waals surface area (Å²) in [6, 6.07) is 12.7. The lowest BCUT2D eigenvalue weighted by atomic mass is 10.2. The van der Waals surface area contributed by atoms with Crippen molar-refractivity contribution in [2.75, 3.05) is 18.5 Å². The van der Waals surface area contributed by atoms with E-state index in [-0.39, 0.29) is 0 Å². The molecule has 0 radical (unpaired) electrons. The van der Waals surface area contributed by atoms with E-state index < -0.39 is 9.84 Å². The van der Waals surface area contributed by atoms with E-state index >= 15 is 0 Å². The van der Waals surface area contributed by atoms with Crippen LogP contribution in [0.15, 0.2) is 71.1 Å². The van der Waals surface area contributed by atoms with Gasteiger partial charge >= 0.3 is 0 Å². The molecule has 0 spiro atoms. The summed E-state index contributed by atoms with van der Waals surface area (Å²) in [5, 5.41) is 0.698. The van der Waals surface area contributed by atoms with E-state index in [9.17, 15) is 8.42 Å². The number of sulfone groups is 1. The van der Waals surface area contributed by atoms with Gasteiger partial charge in [-0.15, -0.1) is 6.58 Å². The summed E-state index contributed by atoms with van der Waals surface area (Å²) < 4.78 is 26.0. The Bertz CT molecular complexity index is 986. The van der Waals surface area contributed by atoms with Gasteiger partial charge in [0, 0.05) is 36.4 Å². The Morgan fingerprint density at radius 2 is 1.88 bits per heavy atom. The summed E-state index contributed by atoms with van der Waals surface area (Å²) in [5.41, 5.74) is 2.78. The standard InChI is InChI=1S/C19H20N2O2S/c1-4-11-21(3)15-7-10-18-17(12-15)19(13-20-18)24(22,23)16-8-5-14(2)6-9-16/h4-10,12-13,20H,1,11H2,2-3H3. The number of fused-ring (bicyclic) bond motifs is 1. The number of rotatable bonds is 5. The van der Waals surface area contributed by atoms with Crippen molar-refractivity contribution in [1.29, 1.82) is 0 Å². The third kappa shape index (κ3) is 2.83. The van der Waals surface area contributed by atoms with Gasteiger partial charge in [0.05, 0.1) is 9.79 Å². The number of nitrogens with one attached hydrogen (secondary N) is 1. The summed E-state index contributed by atoms with van der Waals surface area (Å²) >= 11 is 0. The highest BCUT2D eigenvalue weighted by Gasteiger charge is 2.22. The number of aromatic nitrogens is 1. The summed E-state index contributed by atoms with van der Waals surface area (Å²) in [4.78, 5) is 5.68. The van der Waals surface area contributed by atoms with E-state index in [4.69, 9.17) is 0 Å². The van der Waals surface area contributed by atoms with Crippen LogP contribution in [0.25, 0.3) is 10.9 Å². The average molecular weight is 340 g/mol. The Hall–Kier alpha value is -2.53. The zero-order valence-electron chi connectivity index (χ0n) is 13.8. The van der Waals surface area contributed by atoms with Gasteiger partial charge in [-0.2, -0.15) is 0 Å². The first kappa shape index (κ1) is 16.3. The molecule has 2 aromatic carbocycles. The molecular formula is C19H20N2O2S. The largest absolute Gasteiger partial charge is 0.371 e. The number of H-pyrrole nitrogens is 1. The number of hydrogen-bond donors (Lipinski definition) is 1. The quantitative estimate of drug-likeness (QED) is 0.716. The van der Waals surface area contributed by atoms with Gasteiger partial charge in [0.1, 0.15) is 0 Å². The fraction of sp³-hybridized carbons (Fsp3) is 0.158. The van der Waals surface area contributed by atoms with Crippen LogP contribution in [-0.4, -0.2) is 27.0 Å². The van der Waals surface area contributed by atoms with Gasteiger partial charge in [0.25, 0.3) is 0 Å². The van der Waals surface area contributed by atoms with Crippen LogP contribution >= 0.6 is 0 Å². The van der Waals surface area contributed by atoms with Crippen LogP contribution in [0.5, 0.6) is 0 Å². The Labute approximate surface area is 142 Å². The SMILES string of the molecule is C=CCN(C)c1ccc2[nH]cc(S(=O)(=O)c3ccc(C)cc3)c2c1. The van der Waals surface area contributed by atoms with Crippen molar-refractivity contribution in [3.05, 3.63) is 66.9 Å². The van der Waals surface area contributed by atoms with Gasteiger partial charge in [-0.05, 0) is 37.3 Å². The fourth-order valence-electron chi connectivity index (χ4n) is 2.69. The van der Waals surface area contributed by atoms with Crippen LogP contribution in [0.2, 0.25) is 0 Å². The van der Waals surface area contributed by atoms with Crippen molar-refractivity contribution in [2.45, 2.75) is 16.7 Å². The van der Waals surface area contributed by atoms with E-state index in [1.807, 2.05) is 55.3 Å². The smallest absolute Gasteiger partial charge is 0.208 e. The predicted molar refractivity (Wildman–Crippen MR) is 98.4 cm³/mol. The highest BCUT2D eigenvalue weighted by molar-refractivity contribution is 7.91. The van der Waals surface area contributed by atoms with Gasteiger partial charge in [0.2, 0.25) is 9.84 Å². The molecule has 0 amide bonds. The van der Waals surface area contributed by atoms with Crippen molar-refractivity contribution in [2.24, 2.45) is 0 Å². The summed E-state index contributed by atoms with van der Waals surface area (Å²) in [6.07, 6.45) is 3.38. The first-order valence-electron chi connectivity index (χ1n) is 7.68. The number of likely N-dealkylation sites (N-methyl/N-ethyl adjacent to an activating group) is 1. The molecule has 0 aliphatic carbocycles. The van der Waals surface area contributed by atoms with Crippen LogP contribution < -0.4 is 4.90 Å². The zero-order valence-corrected chi connectivity index (χ0v) is 14.6. The molecule has 1 N–H and O–H groups in total. The van der Waals surface area contributed by atoms with E-state index in [0.29, 0.717) is 21.7 Å². The highest BCUT2D eigenvalue weighted by Crippen LogP contribution is 2.31. The third-order valence-corrected chi connectivity index (χ3v) is 5.90. The molecule has 24 heavy (non-hydrogen) atoms. The number of aryl methyl sites for hydroxylation is 1. The van der Waals surface area contributed by atoms with Gasteiger partial charge in [-0.25, -0.2) is 8.42 Å². The van der Waals surface area contributed by atoms with E-state index in [1.54, 1.807) is 18.3 Å². The molecule has 0 saturated heterocycles. The molecule has 5 heteroatoms. The average Bonchev–Trinajstić information content (AvgIpc) is 2.99. The summed E-state index contributed by atoms with van der Waals surface area (Å²) in [6.45, 7) is 6.36. The van der Waals surface area contributed by atoms with Gasteiger partial charge in [0.15, 0.2) is 0 Å². The lowest BCUT2D eigenvalue weighted by Crippen LogP contribution is -2.16. The van der Waals surface area contributed by atoms with Crippen LogP contribution in [-0.2, 0) is 9.84 Å². The van der Waals surface area contributed by atoms with Crippen LogP contribution in [0.1, 0.15) is 5.56 Å². The molecule has 3 rings (SSSR count). The summed E-state index contributed by atoms with van der Waals surface area (Å²) in [7, 11) is -1.62. The number of benzene rings is 2. The van der Waals surface area contributed by atoms with Crippen molar-refractivity contribution < 1.29 is 8.42 Å². The fourth-order valence-corrected chi connectivity index (χ4v) is 4.11. The molecular weight excluding hydrogens is 320 g/mol. The molecule has 124 valence electrons. The monoisotopic (exact) mass is 340 g/mol. The minimum Gasteiger partial charge on any atom is -0.371 e. The van der Waals surface area contributed by atoms with Gasteiger partial charge in [-0.3, -0.25) is 0 Å². The van der Waals surface area contributed by atoms with Gasteiger partial charge < -0.3 is 9.88 Å². The van der Waals surface area contributed by atoms with Gasteiger partial charge in [-0.1, -0.05) is 23.8 Å². The Morgan fingerprint density at radius 3 is 2.54 bits per heavy atom. The minimum atomic E-state index is -3.56. The Balaban J connectivity index is 2.13. The molecule has 0 aliphatic heterocycles. The number of hydrogen-bond acceptors (Lipinski definition) is 3. The molecule has 0 aliphatic rings. The number of aromatic amines is 1. The molecule has 0 fully saturated rings. The Kier molecular flexibility index (Phi) is 4.20. The van der Waals surface area contributed by atoms with E-state index in [2.05, 4.69) is 11.6 Å². The van der Waals surface area contributed by atoms with E-state index in [0.717, 1.165) is 16.8 Å². The normalized spacial score (nSPS) is 11.6. The maximum atomic E-state index is 13.0. The second-order valence-electron chi connectivity index (χ2n) is 5.87. The van der Waals surface area contributed by atoms with Crippen molar-refractivity contribution in [3.8, 4) is 0 Å². The highest BCUT2D eigenvalue weighted by atomic mass is 32.2. The molecule has 0 bridgehead atoms. The maximum Gasteiger partial charge on any atom is 0.208 e. The molecule has 0 atom stereocenters. The zero-order chi connectivity index (χ0) is 17.3. The number of anilines is 1. The first-order valence-corrected chi connectivity index (χ1v) is 9.17. The maximum absolute atomic E-state index is 13.0. The van der Waals surface area contributed by atoms with Crippen LogP contribution in [0.3, 0.4) is 0 Å². The molecule has 3 aromatic rings. The lowest BCUT2D eigenvalue weighted by Gasteiger charge is -2.17. The Morgan fingerprint density at radius 1 is 1.17 bits per heavy atom. The predicted octanol–water partition coefficient (Wildman–Crippen LogP) is 3.93. The van der Waals surface area contributed by atoms with Crippen molar-refractivity contribution in [1.82, 2.24) is 4.98 Å². The van der Waals surface area contributed by atoms with Crippen LogP contribution in [0, 0.1) is 6.92 Å². The molecule has 4 nitrogen and oxygen atoms in total. The second-order valence-corrected chi connectivity index (χ2v) is 7.79. The topological polar surface area (TPSA) is 53.2 Å². The third-order valence-electron chi connectivity index (χ3n) is 4.09. The molecule has 0 saturated carbocycles. The molecule has 0 unspecified atom stereocenters. The molecule has 1 heterocycles. The summed E-state index contributed by atoms with van der Waals surface area (Å²) in [5.74, 6) is 0. The number of nitrogens with zero attached hydrogens (tertiary/aromatic N) is 1. The minimum absolute atomic E-state index is 0.301. The second kappa shape index (κ2) is 6.17.